The largest absolute Gasteiger partial charge is 0.346 e. The molecule has 0 radical (unpaired) electrons. The summed E-state index contributed by atoms with van der Waals surface area (Å²) in [5, 5.41) is 2.82. The molecule has 0 heterocycles. The van der Waals surface area contributed by atoms with Gasteiger partial charge in [-0.15, -0.1) is 0 Å². The normalized spacial score (nSPS) is 15.9. The highest BCUT2D eigenvalue weighted by Gasteiger charge is 2.32. The number of nitrogens with one attached hydrogen (secondary N) is 1. The summed E-state index contributed by atoms with van der Waals surface area (Å²) in [6.45, 7) is 3.63. The van der Waals surface area contributed by atoms with Crippen molar-refractivity contribution in [1.29, 1.82) is 0 Å². The Labute approximate surface area is 244 Å². The molecule has 41 heavy (non-hydrogen) atoms. The maximum absolute atomic E-state index is 13.4. The summed E-state index contributed by atoms with van der Waals surface area (Å²) in [6.07, 6.45) is 8.03. The number of carbonyl (C=O) groups is 5. The molecule has 220 valence electrons. The van der Waals surface area contributed by atoms with Gasteiger partial charge in [-0.1, -0.05) is 113 Å². The molecule has 0 saturated heterocycles. The summed E-state index contributed by atoms with van der Waals surface area (Å²) in [5.74, 6) is -2.62. The Kier molecular flexibility index (Phi) is 13.1. The van der Waals surface area contributed by atoms with Crippen molar-refractivity contribution < 1.29 is 24.0 Å². The van der Waals surface area contributed by atoms with E-state index in [4.69, 9.17) is 0 Å². The monoisotopic (exact) mass is 559 g/mol. The van der Waals surface area contributed by atoms with Crippen LogP contribution in [0.15, 0.2) is 60.7 Å². The Morgan fingerprint density at radius 2 is 1.46 bits per heavy atom. The van der Waals surface area contributed by atoms with E-state index in [-0.39, 0.29) is 48.4 Å². The first-order chi connectivity index (χ1) is 19.8. The second-order valence-corrected chi connectivity index (χ2v) is 11.6. The van der Waals surface area contributed by atoms with Crippen molar-refractivity contribution in [3.63, 3.8) is 0 Å². The van der Waals surface area contributed by atoms with Crippen LogP contribution in [0.1, 0.15) is 100 Å². The minimum Gasteiger partial charge on any atom is -0.346 e. The standard InChI is InChI=1S/C35H45NO5/c1-3-4-18-29(34(40)33(39)22-27-16-10-6-11-17-27)23-31(37)25(2)36-35(41)30(21-26-14-8-5-9-15-26)24-32(38)28-19-12-7-13-20-28/h5,7-9,12-15,19-20,25,27,29-30H,3-4,6,10-11,16-18,21-24H2,1-2H3,(H,36,41)/t25-,29+,30-/m0/s1. The van der Waals surface area contributed by atoms with Crippen LogP contribution >= 0.6 is 0 Å². The molecule has 2 aromatic carbocycles. The summed E-state index contributed by atoms with van der Waals surface area (Å²) in [4.78, 5) is 65.7. The fraction of sp³-hybridized carbons (Fsp3) is 0.514. The summed E-state index contributed by atoms with van der Waals surface area (Å²) >= 11 is 0. The zero-order valence-electron chi connectivity index (χ0n) is 24.6. The van der Waals surface area contributed by atoms with E-state index >= 15 is 0 Å². The molecule has 0 aliphatic heterocycles. The van der Waals surface area contributed by atoms with Crippen LogP contribution in [0.25, 0.3) is 0 Å². The van der Waals surface area contributed by atoms with E-state index < -0.39 is 23.7 Å². The summed E-state index contributed by atoms with van der Waals surface area (Å²) < 4.78 is 0. The number of ketones is 4. The lowest BCUT2D eigenvalue weighted by Gasteiger charge is -2.23. The highest BCUT2D eigenvalue weighted by Crippen LogP contribution is 2.28. The van der Waals surface area contributed by atoms with Crippen LogP contribution in [0.5, 0.6) is 0 Å². The molecule has 0 unspecified atom stereocenters. The van der Waals surface area contributed by atoms with Crippen molar-refractivity contribution in [2.45, 2.75) is 96.9 Å². The van der Waals surface area contributed by atoms with Gasteiger partial charge in [0.15, 0.2) is 17.3 Å². The number of rotatable bonds is 17. The maximum Gasteiger partial charge on any atom is 0.224 e. The van der Waals surface area contributed by atoms with E-state index in [0.29, 0.717) is 18.4 Å². The lowest BCUT2D eigenvalue weighted by molar-refractivity contribution is -0.141. The van der Waals surface area contributed by atoms with E-state index in [1.54, 1.807) is 31.2 Å². The van der Waals surface area contributed by atoms with E-state index in [2.05, 4.69) is 5.32 Å². The molecule has 3 rings (SSSR count). The Bertz CT molecular complexity index is 1150. The number of Topliss-reactive ketones (excluding diaryl/α,β-unsaturated/α-hetero) is 4. The van der Waals surface area contributed by atoms with Gasteiger partial charge in [0.05, 0.1) is 6.04 Å². The highest BCUT2D eigenvalue weighted by atomic mass is 16.2. The van der Waals surface area contributed by atoms with Gasteiger partial charge >= 0.3 is 0 Å². The number of hydrogen-bond acceptors (Lipinski definition) is 5. The second-order valence-electron chi connectivity index (χ2n) is 11.6. The number of carbonyl (C=O) groups excluding carboxylic acids is 5. The lowest BCUT2D eigenvalue weighted by atomic mass is 9.82. The third kappa shape index (κ3) is 10.5. The molecule has 1 N–H and O–H groups in total. The lowest BCUT2D eigenvalue weighted by Crippen LogP contribution is -2.44. The average Bonchev–Trinajstić information content (AvgIpc) is 2.99. The molecular weight excluding hydrogens is 514 g/mol. The zero-order valence-corrected chi connectivity index (χ0v) is 24.6. The number of benzene rings is 2. The molecule has 2 aromatic rings. The van der Waals surface area contributed by atoms with Gasteiger partial charge in [0.2, 0.25) is 11.7 Å². The first-order valence-corrected chi connectivity index (χ1v) is 15.3. The van der Waals surface area contributed by atoms with Crippen molar-refractivity contribution in [2.75, 3.05) is 0 Å². The van der Waals surface area contributed by atoms with Gasteiger partial charge in [-0.2, -0.15) is 0 Å². The summed E-state index contributed by atoms with van der Waals surface area (Å²) in [6, 6.07) is 17.5. The van der Waals surface area contributed by atoms with Crippen LogP contribution < -0.4 is 5.32 Å². The topological polar surface area (TPSA) is 97.4 Å². The van der Waals surface area contributed by atoms with Crippen molar-refractivity contribution >= 4 is 29.0 Å². The van der Waals surface area contributed by atoms with Crippen LogP contribution in [-0.2, 0) is 25.6 Å². The predicted octanol–water partition coefficient (Wildman–Crippen LogP) is 6.50. The molecule has 0 bridgehead atoms. The van der Waals surface area contributed by atoms with Gasteiger partial charge in [-0.05, 0) is 31.2 Å². The zero-order chi connectivity index (χ0) is 29.6. The van der Waals surface area contributed by atoms with E-state index in [0.717, 1.165) is 44.1 Å². The third-order valence-corrected chi connectivity index (χ3v) is 8.26. The first kappa shape index (κ1) is 32.1. The number of unbranched alkanes of at least 4 members (excludes halogenated alkanes) is 1. The summed E-state index contributed by atoms with van der Waals surface area (Å²) in [5.41, 5.74) is 1.46. The van der Waals surface area contributed by atoms with Crippen molar-refractivity contribution in [2.24, 2.45) is 17.8 Å². The molecule has 1 aliphatic rings. The van der Waals surface area contributed by atoms with Crippen molar-refractivity contribution in [3.8, 4) is 0 Å². The van der Waals surface area contributed by atoms with Gasteiger partial charge in [0.1, 0.15) is 0 Å². The molecular formula is C35H45NO5. The van der Waals surface area contributed by atoms with Crippen LogP contribution in [0.3, 0.4) is 0 Å². The third-order valence-electron chi connectivity index (χ3n) is 8.26. The second kappa shape index (κ2) is 16.8. The molecule has 1 saturated carbocycles. The number of hydrogen-bond donors (Lipinski definition) is 1. The molecule has 0 spiro atoms. The number of amides is 1. The molecule has 6 nitrogen and oxygen atoms in total. The average molecular weight is 560 g/mol. The van der Waals surface area contributed by atoms with Crippen molar-refractivity contribution in [1.82, 2.24) is 5.32 Å². The minimum absolute atomic E-state index is 0.0128. The van der Waals surface area contributed by atoms with Crippen LogP contribution in [-0.4, -0.2) is 35.1 Å². The molecule has 3 atom stereocenters. The Morgan fingerprint density at radius 1 is 0.829 bits per heavy atom. The van der Waals surface area contributed by atoms with Crippen LogP contribution in [0, 0.1) is 17.8 Å². The summed E-state index contributed by atoms with van der Waals surface area (Å²) in [7, 11) is 0. The van der Waals surface area contributed by atoms with Gasteiger partial charge in [0.25, 0.3) is 0 Å². The Morgan fingerprint density at radius 3 is 2.10 bits per heavy atom. The fourth-order valence-corrected chi connectivity index (χ4v) is 5.71. The molecule has 0 aromatic heterocycles. The molecule has 6 heteroatoms. The maximum atomic E-state index is 13.4. The molecule has 1 aliphatic carbocycles. The van der Waals surface area contributed by atoms with Gasteiger partial charge in [0, 0.05) is 36.7 Å². The van der Waals surface area contributed by atoms with Gasteiger partial charge in [-0.3, -0.25) is 24.0 Å². The molecule has 1 fully saturated rings. The Balaban J connectivity index is 1.64. The SMILES string of the molecule is CCCC[C@H](CC(=O)[C@H](C)NC(=O)[C@H](CC(=O)c1ccccc1)Cc1ccccc1)C(=O)C(=O)CC1CCCCC1. The van der Waals surface area contributed by atoms with Crippen LogP contribution in [0.4, 0.5) is 0 Å². The predicted molar refractivity (Wildman–Crippen MR) is 160 cm³/mol. The first-order valence-electron chi connectivity index (χ1n) is 15.3. The van der Waals surface area contributed by atoms with Gasteiger partial charge in [-0.25, -0.2) is 0 Å². The van der Waals surface area contributed by atoms with Crippen molar-refractivity contribution in [3.05, 3.63) is 71.8 Å². The smallest absolute Gasteiger partial charge is 0.224 e. The highest BCUT2D eigenvalue weighted by molar-refractivity contribution is 6.38. The van der Waals surface area contributed by atoms with E-state index in [1.807, 2.05) is 43.3 Å². The quantitative estimate of drug-likeness (QED) is 0.176. The molecule has 1 amide bonds. The fourth-order valence-electron chi connectivity index (χ4n) is 5.71. The van der Waals surface area contributed by atoms with E-state index in [9.17, 15) is 24.0 Å². The van der Waals surface area contributed by atoms with Crippen LogP contribution in [0.2, 0.25) is 0 Å². The Hall–Kier alpha value is -3.41. The van der Waals surface area contributed by atoms with E-state index in [1.165, 1.54) is 6.42 Å². The van der Waals surface area contributed by atoms with Gasteiger partial charge < -0.3 is 5.32 Å². The minimum atomic E-state index is -0.835.